The van der Waals surface area contributed by atoms with E-state index in [-0.39, 0.29) is 29.4 Å². The molecule has 1 aliphatic carbocycles. The highest BCUT2D eigenvalue weighted by Crippen LogP contribution is 2.38. The van der Waals surface area contributed by atoms with Gasteiger partial charge in [0.2, 0.25) is 5.91 Å². The van der Waals surface area contributed by atoms with Crippen LogP contribution in [0, 0.1) is 22.5 Å². The number of rotatable bonds is 5. The Labute approximate surface area is 142 Å². The molecule has 0 unspecified atom stereocenters. The molecule has 6 nitrogen and oxygen atoms in total. The van der Waals surface area contributed by atoms with E-state index >= 15 is 0 Å². The van der Waals surface area contributed by atoms with Gasteiger partial charge in [-0.3, -0.25) is 14.9 Å². The molecule has 0 aliphatic heterocycles. The number of nitrogens with two attached hydrogens (primary N) is 1. The van der Waals surface area contributed by atoms with Gasteiger partial charge in [-0.05, 0) is 37.3 Å². The van der Waals surface area contributed by atoms with Gasteiger partial charge >= 0.3 is 0 Å². The Kier molecular flexibility index (Phi) is 6.97. The predicted molar refractivity (Wildman–Crippen MR) is 92.9 cm³/mol. The SMILES string of the molecule is Cc1ccc([N+](=O)[O-])cc1NC(=O)CC1(CN)CCCCC1.Cl. The lowest BCUT2D eigenvalue weighted by Crippen LogP contribution is -2.36. The first-order valence-corrected chi connectivity index (χ1v) is 7.71. The van der Waals surface area contributed by atoms with Gasteiger partial charge in [-0.2, -0.15) is 0 Å². The van der Waals surface area contributed by atoms with E-state index in [1.807, 2.05) is 6.92 Å². The second-order valence-corrected chi connectivity index (χ2v) is 6.25. The van der Waals surface area contributed by atoms with Crippen LogP contribution in [0.1, 0.15) is 44.1 Å². The monoisotopic (exact) mass is 341 g/mol. The number of hydrogen-bond donors (Lipinski definition) is 2. The van der Waals surface area contributed by atoms with Crippen LogP contribution in [-0.4, -0.2) is 17.4 Å². The molecule has 0 atom stereocenters. The second kappa shape index (κ2) is 8.26. The fourth-order valence-electron chi connectivity index (χ4n) is 3.15. The Morgan fingerprint density at radius 2 is 2.00 bits per heavy atom. The highest BCUT2D eigenvalue weighted by atomic mass is 35.5. The van der Waals surface area contributed by atoms with Crippen molar-refractivity contribution in [3.8, 4) is 0 Å². The van der Waals surface area contributed by atoms with Gasteiger partial charge in [0.05, 0.1) is 10.6 Å². The summed E-state index contributed by atoms with van der Waals surface area (Å²) in [4.78, 5) is 22.7. The third-order valence-electron chi connectivity index (χ3n) is 4.59. The first kappa shape index (κ1) is 19.4. The fourth-order valence-corrected chi connectivity index (χ4v) is 3.15. The molecular weight excluding hydrogens is 318 g/mol. The summed E-state index contributed by atoms with van der Waals surface area (Å²) in [7, 11) is 0. The lowest BCUT2D eigenvalue weighted by Gasteiger charge is -2.35. The van der Waals surface area contributed by atoms with E-state index in [2.05, 4.69) is 5.32 Å². The molecule has 23 heavy (non-hydrogen) atoms. The third kappa shape index (κ3) is 4.91. The summed E-state index contributed by atoms with van der Waals surface area (Å²) in [5.41, 5.74) is 7.08. The van der Waals surface area contributed by atoms with Gasteiger partial charge in [0.25, 0.3) is 5.69 Å². The number of nitrogens with one attached hydrogen (secondary N) is 1. The molecule has 0 heterocycles. The van der Waals surface area contributed by atoms with Crippen LogP contribution in [0.4, 0.5) is 11.4 Å². The number of nitro groups is 1. The summed E-state index contributed by atoms with van der Waals surface area (Å²) >= 11 is 0. The molecule has 128 valence electrons. The van der Waals surface area contributed by atoms with Crippen LogP contribution in [0.15, 0.2) is 18.2 Å². The van der Waals surface area contributed by atoms with Crippen LogP contribution in [0.2, 0.25) is 0 Å². The average molecular weight is 342 g/mol. The highest BCUT2D eigenvalue weighted by Gasteiger charge is 2.33. The molecule has 3 N–H and O–H groups in total. The molecule has 7 heteroatoms. The smallest absolute Gasteiger partial charge is 0.271 e. The van der Waals surface area contributed by atoms with E-state index in [1.54, 1.807) is 6.07 Å². The summed E-state index contributed by atoms with van der Waals surface area (Å²) in [6.45, 7) is 2.33. The number of benzene rings is 1. The lowest BCUT2D eigenvalue weighted by atomic mass is 9.71. The standard InChI is InChI=1S/C16H23N3O3.ClH/c1-12-5-6-13(19(21)22)9-14(12)18-15(20)10-16(11-17)7-3-2-4-8-16;/h5-6,9H,2-4,7-8,10-11,17H2,1H3,(H,18,20);1H. The minimum atomic E-state index is -0.461. The van der Waals surface area contributed by atoms with Gasteiger partial charge in [0.15, 0.2) is 0 Å². The van der Waals surface area contributed by atoms with E-state index in [0.717, 1.165) is 31.2 Å². The maximum atomic E-state index is 12.3. The Bertz CT molecular complexity index is 572. The van der Waals surface area contributed by atoms with Crippen molar-refractivity contribution in [2.45, 2.75) is 45.4 Å². The Morgan fingerprint density at radius 3 is 2.57 bits per heavy atom. The number of carbonyl (C=O) groups excluding carboxylic acids is 1. The molecule has 0 bridgehead atoms. The zero-order valence-corrected chi connectivity index (χ0v) is 14.2. The molecule has 1 aromatic carbocycles. The number of nitrogens with zero attached hydrogens (tertiary/aromatic N) is 1. The molecule has 0 spiro atoms. The normalized spacial score (nSPS) is 16.3. The predicted octanol–water partition coefficient (Wildman–Crippen LogP) is 3.56. The summed E-state index contributed by atoms with van der Waals surface area (Å²) in [5.74, 6) is -0.115. The van der Waals surface area contributed by atoms with Gasteiger partial charge < -0.3 is 11.1 Å². The minimum absolute atomic E-state index is 0. The van der Waals surface area contributed by atoms with Crippen molar-refractivity contribution in [1.29, 1.82) is 0 Å². The number of aryl methyl sites for hydroxylation is 1. The number of nitro benzene ring substituents is 1. The molecule has 1 aromatic rings. The number of anilines is 1. The van der Waals surface area contributed by atoms with Crippen LogP contribution in [0.3, 0.4) is 0 Å². The number of hydrogen-bond acceptors (Lipinski definition) is 4. The molecule has 1 fully saturated rings. The Morgan fingerprint density at radius 1 is 1.35 bits per heavy atom. The van der Waals surface area contributed by atoms with Crippen LogP contribution in [0.25, 0.3) is 0 Å². The van der Waals surface area contributed by atoms with E-state index in [9.17, 15) is 14.9 Å². The molecule has 1 saturated carbocycles. The summed E-state index contributed by atoms with van der Waals surface area (Å²) < 4.78 is 0. The van der Waals surface area contributed by atoms with Crippen molar-refractivity contribution in [1.82, 2.24) is 0 Å². The molecular formula is C16H24ClN3O3. The van der Waals surface area contributed by atoms with Crippen LogP contribution >= 0.6 is 12.4 Å². The van der Waals surface area contributed by atoms with Crippen molar-refractivity contribution in [3.05, 3.63) is 33.9 Å². The number of halogens is 1. The maximum absolute atomic E-state index is 12.3. The van der Waals surface area contributed by atoms with Crippen LogP contribution < -0.4 is 11.1 Å². The molecule has 0 aromatic heterocycles. The van der Waals surface area contributed by atoms with Gasteiger partial charge in [-0.15, -0.1) is 12.4 Å². The molecule has 0 saturated heterocycles. The molecule has 2 rings (SSSR count). The largest absolute Gasteiger partial charge is 0.330 e. The number of carbonyl (C=O) groups is 1. The highest BCUT2D eigenvalue weighted by molar-refractivity contribution is 5.92. The van der Waals surface area contributed by atoms with Crippen molar-refractivity contribution in [3.63, 3.8) is 0 Å². The van der Waals surface area contributed by atoms with Crippen molar-refractivity contribution >= 4 is 29.7 Å². The fraction of sp³-hybridized carbons (Fsp3) is 0.562. The summed E-state index contributed by atoms with van der Waals surface area (Å²) in [6, 6.07) is 4.49. The minimum Gasteiger partial charge on any atom is -0.330 e. The summed E-state index contributed by atoms with van der Waals surface area (Å²) in [6.07, 6.45) is 5.76. The van der Waals surface area contributed by atoms with Gasteiger partial charge in [-0.1, -0.05) is 25.3 Å². The Balaban J connectivity index is 0.00000264. The number of amides is 1. The maximum Gasteiger partial charge on any atom is 0.271 e. The van der Waals surface area contributed by atoms with E-state index in [1.165, 1.54) is 18.6 Å². The van der Waals surface area contributed by atoms with Gasteiger partial charge in [0.1, 0.15) is 0 Å². The van der Waals surface area contributed by atoms with E-state index in [4.69, 9.17) is 5.73 Å². The van der Waals surface area contributed by atoms with Crippen LogP contribution in [-0.2, 0) is 4.79 Å². The first-order valence-electron chi connectivity index (χ1n) is 7.71. The van der Waals surface area contributed by atoms with Crippen molar-refractivity contribution in [2.75, 3.05) is 11.9 Å². The van der Waals surface area contributed by atoms with Crippen molar-refractivity contribution in [2.24, 2.45) is 11.1 Å². The summed E-state index contributed by atoms with van der Waals surface area (Å²) in [5, 5.41) is 13.7. The van der Waals surface area contributed by atoms with E-state index < -0.39 is 4.92 Å². The third-order valence-corrected chi connectivity index (χ3v) is 4.59. The Hall–Kier alpha value is -1.66. The lowest BCUT2D eigenvalue weighted by molar-refractivity contribution is -0.384. The zero-order valence-electron chi connectivity index (χ0n) is 13.3. The molecule has 1 amide bonds. The van der Waals surface area contributed by atoms with Gasteiger partial charge in [0, 0.05) is 18.6 Å². The molecule has 0 radical (unpaired) electrons. The quantitative estimate of drug-likeness (QED) is 0.631. The topological polar surface area (TPSA) is 98.3 Å². The van der Waals surface area contributed by atoms with Crippen molar-refractivity contribution < 1.29 is 9.72 Å². The second-order valence-electron chi connectivity index (χ2n) is 6.25. The molecule has 1 aliphatic rings. The van der Waals surface area contributed by atoms with E-state index in [0.29, 0.717) is 18.7 Å². The average Bonchev–Trinajstić information content (AvgIpc) is 2.50. The van der Waals surface area contributed by atoms with Gasteiger partial charge in [-0.25, -0.2) is 0 Å². The zero-order chi connectivity index (χ0) is 16.2. The van der Waals surface area contributed by atoms with Crippen LogP contribution in [0.5, 0.6) is 0 Å². The first-order chi connectivity index (χ1) is 10.5. The number of non-ortho nitro benzene ring substituents is 1.